The molecule has 2 heterocycles. The summed E-state index contributed by atoms with van der Waals surface area (Å²) in [6.07, 6.45) is 1.71. The lowest BCUT2D eigenvalue weighted by molar-refractivity contribution is -0.919. The molecule has 1 aromatic carbocycles. The Morgan fingerprint density at radius 2 is 2.07 bits per heavy atom. The van der Waals surface area contributed by atoms with Crippen LogP contribution in [0, 0.1) is 12.8 Å². The van der Waals surface area contributed by atoms with Gasteiger partial charge in [-0.05, 0) is 31.5 Å². The number of thiazole rings is 1. The Morgan fingerprint density at radius 3 is 2.71 bits per heavy atom. The van der Waals surface area contributed by atoms with Gasteiger partial charge in [0.05, 0.1) is 31.3 Å². The molecular weight excluding hydrogens is 374 g/mol. The van der Waals surface area contributed by atoms with E-state index in [9.17, 15) is 9.59 Å². The highest BCUT2D eigenvalue weighted by Gasteiger charge is 2.29. The fourth-order valence-electron chi connectivity index (χ4n) is 3.63. The maximum absolute atomic E-state index is 12.3. The lowest BCUT2D eigenvalue weighted by atomic mass is 9.97. The largest absolute Gasteiger partial charge is 0.466 e. The van der Waals surface area contributed by atoms with Crippen molar-refractivity contribution in [1.82, 2.24) is 4.98 Å². The Morgan fingerprint density at radius 1 is 1.32 bits per heavy atom. The Hall–Kier alpha value is -2.25. The minimum Gasteiger partial charge on any atom is -0.466 e. The number of carbonyl (C=O) groups excluding carboxylic acids is 2. The van der Waals surface area contributed by atoms with Crippen LogP contribution in [0.2, 0.25) is 0 Å². The quantitative estimate of drug-likeness (QED) is 0.754. The molecule has 1 aliphatic rings. The van der Waals surface area contributed by atoms with Crippen LogP contribution in [0.5, 0.6) is 0 Å². The summed E-state index contributed by atoms with van der Waals surface area (Å²) in [5, 5.41) is 2.74. The number of aryl methyl sites for hydroxylation is 1. The molecule has 0 spiro atoms. The zero-order chi connectivity index (χ0) is 20.1. The predicted molar refractivity (Wildman–Crippen MR) is 110 cm³/mol. The van der Waals surface area contributed by atoms with Crippen molar-refractivity contribution in [2.75, 3.05) is 24.6 Å². The Kier molecular flexibility index (Phi) is 6.80. The van der Waals surface area contributed by atoms with Crippen LogP contribution in [0.4, 0.5) is 10.8 Å². The van der Waals surface area contributed by atoms with E-state index in [0.29, 0.717) is 11.7 Å². The van der Waals surface area contributed by atoms with Crippen LogP contribution < -0.4 is 9.80 Å². The van der Waals surface area contributed by atoms with Crippen LogP contribution >= 0.6 is 11.3 Å². The van der Waals surface area contributed by atoms with Crippen molar-refractivity contribution in [1.29, 1.82) is 0 Å². The number of carbonyl (C=O) groups is 2. The molecule has 0 bridgehead atoms. The molecule has 0 aliphatic carbocycles. The van der Waals surface area contributed by atoms with Gasteiger partial charge in [0, 0.05) is 25.1 Å². The number of rotatable bonds is 6. The highest BCUT2D eigenvalue weighted by Crippen LogP contribution is 2.29. The zero-order valence-electron chi connectivity index (χ0n) is 16.7. The minimum absolute atomic E-state index is 0.0317. The third-order valence-corrected chi connectivity index (χ3v) is 5.92. The van der Waals surface area contributed by atoms with Crippen molar-refractivity contribution < 1.29 is 19.2 Å². The first-order valence-corrected chi connectivity index (χ1v) is 10.7. The van der Waals surface area contributed by atoms with Gasteiger partial charge in [0.1, 0.15) is 12.2 Å². The smallest absolute Gasteiger partial charge is 0.309 e. The van der Waals surface area contributed by atoms with Gasteiger partial charge in [-0.25, -0.2) is 4.98 Å². The van der Waals surface area contributed by atoms with Crippen molar-refractivity contribution in [3.8, 4) is 0 Å². The molecule has 1 aliphatic heterocycles. The second-order valence-electron chi connectivity index (χ2n) is 7.27. The first kappa shape index (κ1) is 20.5. The monoisotopic (exact) mass is 402 g/mol. The lowest BCUT2D eigenvalue weighted by Crippen LogP contribution is -3.11. The van der Waals surface area contributed by atoms with Crippen molar-refractivity contribution in [2.24, 2.45) is 5.92 Å². The fourth-order valence-corrected chi connectivity index (χ4v) is 4.52. The summed E-state index contributed by atoms with van der Waals surface area (Å²) in [7, 11) is 0. The average molecular weight is 403 g/mol. The van der Waals surface area contributed by atoms with E-state index in [1.165, 1.54) is 16.2 Å². The number of anilines is 2. The standard InChI is InChI=1S/C21H27N3O3S/c1-4-27-20(26)17-8-10-23(11-9-17)13-18-14-28-21(22-18)24(16(3)25)19-7-5-6-15(2)12-19/h5-7,12,14,17H,4,8-11,13H2,1-3H3/p+1. The second kappa shape index (κ2) is 9.30. The van der Waals surface area contributed by atoms with Crippen LogP contribution in [0.15, 0.2) is 29.6 Å². The second-order valence-corrected chi connectivity index (χ2v) is 8.10. The van der Waals surface area contributed by atoms with E-state index in [-0.39, 0.29) is 17.8 Å². The third-order valence-electron chi connectivity index (χ3n) is 5.05. The third kappa shape index (κ3) is 4.97. The van der Waals surface area contributed by atoms with Gasteiger partial charge in [0.2, 0.25) is 5.91 Å². The summed E-state index contributed by atoms with van der Waals surface area (Å²) in [5.74, 6) is -0.0777. The number of quaternary nitrogens is 1. The summed E-state index contributed by atoms with van der Waals surface area (Å²) < 4.78 is 5.14. The van der Waals surface area contributed by atoms with Gasteiger partial charge in [-0.1, -0.05) is 12.1 Å². The molecule has 0 radical (unpaired) electrons. The van der Waals surface area contributed by atoms with Gasteiger partial charge in [-0.15, -0.1) is 11.3 Å². The zero-order valence-corrected chi connectivity index (χ0v) is 17.6. The maximum Gasteiger partial charge on any atom is 0.309 e. The topological polar surface area (TPSA) is 63.9 Å². The van der Waals surface area contributed by atoms with E-state index in [2.05, 4.69) is 0 Å². The summed E-state index contributed by atoms with van der Waals surface area (Å²) >= 11 is 1.49. The molecular formula is C21H28N3O3S+. The molecule has 0 saturated carbocycles. The number of aromatic nitrogens is 1. The number of piperidine rings is 1. The van der Waals surface area contributed by atoms with Crippen molar-refractivity contribution >= 4 is 34.0 Å². The molecule has 0 atom stereocenters. The van der Waals surface area contributed by atoms with E-state index in [0.717, 1.165) is 49.4 Å². The number of likely N-dealkylation sites (tertiary alicyclic amines) is 1. The van der Waals surface area contributed by atoms with Crippen LogP contribution in [0.3, 0.4) is 0 Å². The molecule has 1 aromatic heterocycles. The number of ether oxygens (including phenoxy) is 1. The molecule has 7 heteroatoms. The van der Waals surface area contributed by atoms with Gasteiger partial charge in [-0.2, -0.15) is 0 Å². The number of amides is 1. The van der Waals surface area contributed by atoms with E-state index in [1.54, 1.807) is 11.8 Å². The van der Waals surface area contributed by atoms with Crippen LogP contribution in [0.1, 0.15) is 37.9 Å². The Labute approximate surface area is 170 Å². The number of hydrogen-bond acceptors (Lipinski definition) is 5. The van der Waals surface area contributed by atoms with E-state index in [1.807, 2.05) is 43.5 Å². The summed E-state index contributed by atoms with van der Waals surface area (Å²) in [5.41, 5.74) is 2.94. The maximum atomic E-state index is 12.3. The molecule has 0 unspecified atom stereocenters. The van der Waals surface area contributed by atoms with Gasteiger partial charge >= 0.3 is 5.97 Å². The Balaban J connectivity index is 1.64. The number of hydrogen-bond donors (Lipinski definition) is 1. The lowest BCUT2D eigenvalue weighted by Gasteiger charge is -2.27. The van der Waals surface area contributed by atoms with Crippen LogP contribution in [-0.2, 0) is 20.9 Å². The number of benzene rings is 1. The molecule has 150 valence electrons. The number of esters is 1. The average Bonchev–Trinajstić information content (AvgIpc) is 3.10. The van der Waals surface area contributed by atoms with Crippen molar-refractivity contribution in [3.05, 3.63) is 40.9 Å². The molecule has 3 rings (SSSR count). The molecule has 1 amide bonds. The molecule has 1 saturated heterocycles. The first-order valence-electron chi connectivity index (χ1n) is 9.80. The molecule has 28 heavy (non-hydrogen) atoms. The van der Waals surface area contributed by atoms with E-state index < -0.39 is 0 Å². The molecule has 1 N–H and O–H groups in total. The highest BCUT2D eigenvalue weighted by atomic mass is 32.1. The van der Waals surface area contributed by atoms with Gasteiger partial charge in [-0.3, -0.25) is 14.5 Å². The van der Waals surface area contributed by atoms with Gasteiger partial charge in [0.25, 0.3) is 0 Å². The first-order chi connectivity index (χ1) is 13.5. The number of nitrogens with one attached hydrogen (secondary N) is 1. The molecule has 2 aromatic rings. The SMILES string of the molecule is CCOC(=O)C1CC[NH+](Cc2csc(N(C(C)=O)c3cccc(C)c3)n2)CC1. The van der Waals surface area contributed by atoms with Gasteiger partial charge in [0.15, 0.2) is 5.13 Å². The summed E-state index contributed by atoms with van der Waals surface area (Å²) in [4.78, 5) is 32.0. The van der Waals surface area contributed by atoms with E-state index in [4.69, 9.17) is 9.72 Å². The van der Waals surface area contributed by atoms with Gasteiger partial charge < -0.3 is 9.64 Å². The summed E-state index contributed by atoms with van der Waals surface area (Å²) in [6, 6.07) is 7.89. The fraction of sp³-hybridized carbons (Fsp3) is 0.476. The van der Waals surface area contributed by atoms with Crippen LogP contribution in [0.25, 0.3) is 0 Å². The molecule has 1 fully saturated rings. The minimum atomic E-state index is -0.0623. The normalized spacial score (nSPS) is 19.2. The highest BCUT2D eigenvalue weighted by molar-refractivity contribution is 7.14. The van der Waals surface area contributed by atoms with Crippen molar-refractivity contribution in [2.45, 2.75) is 40.2 Å². The molecule has 6 nitrogen and oxygen atoms in total. The van der Waals surface area contributed by atoms with Crippen molar-refractivity contribution in [3.63, 3.8) is 0 Å². The van der Waals surface area contributed by atoms with Crippen LogP contribution in [-0.4, -0.2) is 36.6 Å². The number of nitrogens with zero attached hydrogens (tertiary/aromatic N) is 2. The summed E-state index contributed by atoms with van der Waals surface area (Å²) in [6.45, 7) is 8.55. The Bertz CT molecular complexity index is 828. The predicted octanol–water partition coefficient (Wildman–Crippen LogP) is 2.49. The van der Waals surface area contributed by atoms with E-state index >= 15 is 0 Å².